The van der Waals surface area contributed by atoms with Gasteiger partial charge >= 0.3 is 17.8 Å². The lowest BCUT2D eigenvalue weighted by molar-refractivity contribution is -0.192. The highest BCUT2D eigenvalue weighted by molar-refractivity contribution is 5.86. The molecule has 1 aliphatic rings. The fourth-order valence-corrected chi connectivity index (χ4v) is 3.23. The monoisotopic (exact) mass is 440 g/mol. The number of alkyl halides is 3. The number of carboxylic acid groups (broad SMARTS) is 1. The summed E-state index contributed by atoms with van der Waals surface area (Å²) >= 11 is 0. The molecule has 0 radical (unpaired) electrons. The number of fused-ring (bicyclic) bond motifs is 1. The summed E-state index contributed by atoms with van der Waals surface area (Å²) in [5.74, 6) is -2.16. The van der Waals surface area contributed by atoms with Gasteiger partial charge in [-0.1, -0.05) is 13.8 Å². The Morgan fingerprint density at radius 2 is 1.97 bits per heavy atom. The average Bonchev–Trinajstić information content (AvgIpc) is 2.75. The number of nitrogens with one attached hydrogen (secondary N) is 1. The number of anilines is 1. The van der Waals surface area contributed by atoms with Gasteiger partial charge in [-0.05, 0) is 25.0 Å². The van der Waals surface area contributed by atoms with Crippen molar-refractivity contribution in [2.24, 2.45) is 7.05 Å². The molecule has 0 saturated carbocycles. The minimum absolute atomic E-state index is 0.253. The van der Waals surface area contributed by atoms with E-state index in [2.05, 4.69) is 40.1 Å². The van der Waals surface area contributed by atoms with Crippen molar-refractivity contribution in [2.75, 3.05) is 18.0 Å². The molecule has 2 N–H and O–H groups in total. The molecule has 3 rings (SSSR count). The van der Waals surface area contributed by atoms with Crippen LogP contribution < -0.4 is 15.9 Å². The lowest BCUT2D eigenvalue weighted by atomic mass is 10.0. The molecular formula is C19H23F3N6O3. The lowest BCUT2D eigenvalue weighted by Crippen LogP contribution is -2.57. The molecule has 1 fully saturated rings. The molecule has 0 aromatic carbocycles. The highest BCUT2D eigenvalue weighted by Crippen LogP contribution is 2.26. The van der Waals surface area contributed by atoms with E-state index in [9.17, 15) is 23.2 Å². The molecule has 2 aromatic heterocycles. The van der Waals surface area contributed by atoms with Crippen LogP contribution in [0, 0.1) is 11.3 Å². The standard InChI is InChI=1S/C17H22N6O.C2HF3O2/c1-4-11-10-23(13(5-2)9-19-11)16-15-14(22(3)17(24)21-16)7-6-12(8-18)20-15;3-2(4,5)1(6)7/h6-7,11,13,19H,4-5,9-10H2,1-3H3;(H,6,7)/t11-,13+;/m1./s1. The molecule has 31 heavy (non-hydrogen) atoms. The Morgan fingerprint density at radius 3 is 2.48 bits per heavy atom. The van der Waals surface area contributed by atoms with E-state index in [-0.39, 0.29) is 11.7 Å². The number of hydrogen-bond acceptors (Lipinski definition) is 7. The zero-order chi connectivity index (χ0) is 23.3. The van der Waals surface area contributed by atoms with Crippen molar-refractivity contribution in [3.8, 4) is 6.07 Å². The largest absolute Gasteiger partial charge is 0.490 e. The summed E-state index contributed by atoms with van der Waals surface area (Å²) in [6, 6.07) is 6.08. The van der Waals surface area contributed by atoms with E-state index in [4.69, 9.17) is 9.90 Å². The summed E-state index contributed by atoms with van der Waals surface area (Å²) in [4.78, 5) is 32.1. The van der Waals surface area contributed by atoms with Crippen LogP contribution in [0.1, 0.15) is 32.4 Å². The van der Waals surface area contributed by atoms with Crippen molar-refractivity contribution >= 4 is 22.8 Å². The van der Waals surface area contributed by atoms with Gasteiger partial charge in [0.15, 0.2) is 5.82 Å². The third kappa shape index (κ3) is 5.49. The fraction of sp³-hybridized carbons (Fsp3) is 0.526. The van der Waals surface area contributed by atoms with Crippen LogP contribution in [0.15, 0.2) is 16.9 Å². The number of aliphatic carboxylic acids is 1. The predicted molar refractivity (Wildman–Crippen MR) is 107 cm³/mol. The van der Waals surface area contributed by atoms with E-state index in [1.165, 1.54) is 4.57 Å². The molecule has 2 aromatic rings. The zero-order valence-electron chi connectivity index (χ0n) is 17.3. The highest BCUT2D eigenvalue weighted by Gasteiger charge is 2.38. The Morgan fingerprint density at radius 1 is 1.32 bits per heavy atom. The number of piperazine rings is 1. The van der Waals surface area contributed by atoms with Crippen molar-refractivity contribution in [3.63, 3.8) is 0 Å². The minimum Gasteiger partial charge on any atom is -0.475 e. The van der Waals surface area contributed by atoms with Crippen molar-refractivity contribution in [3.05, 3.63) is 28.3 Å². The van der Waals surface area contributed by atoms with Gasteiger partial charge in [0.05, 0.1) is 5.52 Å². The van der Waals surface area contributed by atoms with E-state index in [0.717, 1.165) is 25.9 Å². The molecule has 12 heteroatoms. The molecule has 9 nitrogen and oxygen atoms in total. The van der Waals surface area contributed by atoms with E-state index in [1.54, 1.807) is 19.2 Å². The Kier molecular flexibility index (Phi) is 7.56. The summed E-state index contributed by atoms with van der Waals surface area (Å²) in [5.41, 5.74) is 1.35. The van der Waals surface area contributed by atoms with E-state index >= 15 is 0 Å². The zero-order valence-corrected chi connectivity index (χ0v) is 17.3. The van der Waals surface area contributed by atoms with Gasteiger partial charge in [0.2, 0.25) is 0 Å². The quantitative estimate of drug-likeness (QED) is 0.741. The van der Waals surface area contributed by atoms with Gasteiger partial charge in [-0.25, -0.2) is 14.6 Å². The first-order valence-corrected chi connectivity index (χ1v) is 9.61. The number of pyridine rings is 1. The number of aryl methyl sites for hydroxylation is 1. The van der Waals surface area contributed by atoms with Crippen molar-refractivity contribution < 1.29 is 23.1 Å². The molecule has 1 saturated heterocycles. The third-order valence-electron chi connectivity index (χ3n) is 5.03. The second kappa shape index (κ2) is 9.74. The SMILES string of the molecule is CC[C@@H]1CN(c2nc(=O)n(C)c3ccc(C#N)nc23)[C@@H](CC)CN1.O=C(O)C(F)(F)F. The number of hydrogen-bond donors (Lipinski definition) is 2. The van der Waals surface area contributed by atoms with E-state index in [0.29, 0.717) is 28.6 Å². The van der Waals surface area contributed by atoms with Gasteiger partial charge in [-0.2, -0.15) is 23.4 Å². The van der Waals surface area contributed by atoms with Crippen molar-refractivity contribution in [1.82, 2.24) is 19.9 Å². The van der Waals surface area contributed by atoms with Crippen molar-refractivity contribution in [1.29, 1.82) is 5.26 Å². The molecule has 0 unspecified atom stereocenters. The van der Waals surface area contributed by atoms with Crippen LogP contribution in [0.5, 0.6) is 0 Å². The molecule has 0 amide bonds. The minimum atomic E-state index is -5.08. The molecule has 0 aliphatic carbocycles. The van der Waals surface area contributed by atoms with Crippen molar-refractivity contribution in [2.45, 2.75) is 44.9 Å². The summed E-state index contributed by atoms with van der Waals surface area (Å²) in [6.07, 6.45) is -3.13. The Bertz CT molecular complexity index is 1050. The maximum Gasteiger partial charge on any atom is 0.490 e. The molecular weight excluding hydrogens is 417 g/mol. The van der Waals surface area contributed by atoms with Gasteiger partial charge < -0.3 is 15.3 Å². The molecule has 2 atom stereocenters. The number of carbonyl (C=O) groups is 1. The van der Waals surface area contributed by atoms with Crippen LogP contribution >= 0.6 is 0 Å². The summed E-state index contributed by atoms with van der Waals surface area (Å²) in [5, 5.41) is 19.8. The van der Waals surface area contributed by atoms with Crippen LogP contribution in [-0.4, -0.2) is 57.0 Å². The number of aromatic nitrogens is 3. The normalized spacial score (nSPS) is 18.8. The first-order chi connectivity index (χ1) is 14.5. The van der Waals surface area contributed by atoms with Gasteiger partial charge in [-0.3, -0.25) is 4.57 Å². The number of nitriles is 1. The average molecular weight is 440 g/mol. The maximum absolute atomic E-state index is 12.3. The number of halogens is 3. The number of nitrogens with zero attached hydrogens (tertiary/aromatic N) is 5. The van der Waals surface area contributed by atoms with Crippen LogP contribution in [0.4, 0.5) is 19.0 Å². The topological polar surface area (TPSA) is 124 Å². The van der Waals surface area contributed by atoms with Gasteiger partial charge in [0, 0.05) is 32.2 Å². The Hall–Kier alpha value is -3.20. The van der Waals surface area contributed by atoms with Gasteiger partial charge in [0.1, 0.15) is 17.3 Å². The molecule has 168 valence electrons. The number of rotatable bonds is 3. The summed E-state index contributed by atoms with van der Waals surface area (Å²) in [7, 11) is 1.68. The van der Waals surface area contributed by atoms with Gasteiger partial charge in [0.25, 0.3) is 0 Å². The molecule has 0 spiro atoms. The third-order valence-corrected chi connectivity index (χ3v) is 5.03. The Balaban J connectivity index is 0.000000423. The van der Waals surface area contributed by atoms with Crippen LogP contribution in [0.25, 0.3) is 11.0 Å². The lowest BCUT2D eigenvalue weighted by Gasteiger charge is -2.40. The second-order valence-electron chi connectivity index (χ2n) is 6.98. The maximum atomic E-state index is 12.3. The number of carboxylic acids is 1. The van der Waals surface area contributed by atoms with Gasteiger partial charge in [-0.15, -0.1) is 0 Å². The van der Waals surface area contributed by atoms with Crippen LogP contribution in [0.3, 0.4) is 0 Å². The predicted octanol–water partition coefficient (Wildman–Crippen LogP) is 1.80. The van der Waals surface area contributed by atoms with Crippen LogP contribution in [0.2, 0.25) is 0 Å². The van der Waals surface area contributed by atoms with E-state index < -0.39 is 12.1 Å². The van der Waals surface area contributed by atoms with E-state index in [1.807, 2.05) is 0 Å². The second-order valence-corrected chi connectivity index (χ2v) is 6.98. The fourth-order valence-electron chi connectivity index (χ4n) is 3.23. The molecule has 3 heterocycles. The Labute approximate surface area is 176 Å². The molecule has 1 aliphatic heterocycles. The van der Waals surface area contributed by atoms with Crippen LogP contribution in [-0.2, 0) is 11.8 Å². The highest BCUT2D eigenvalue weighted by atomic mass is 19.4. The summed E-state index contributed by atoms with van der Waals surface area (Å²) < 4.78 is 33.2. The smallest absolute Gasteiger partial charge is 0.475 e. The first kappa shape index (κ1) is 24.1. The molecule has 0 bridgehead atoms. The first-order valence-electron chi connectivity index (χ1n) is 9.61. The summed E-state index contributed by atoms with van der Waals surface area (Å²) in [6.45, 7) is 5.90.